The highest BCUT2D eigenvalue weighted by molar-refractivity contribution is 7.97. The van der Waals surface area contributed by atoms with Gasteiger partial charge in [0.1, 0.15) is 18.0 Å². The smallest absolute Gasteiger partial charge is 0.239 e. The number of morpholine rings is 1. The van der Waals surface area contributed by atoms with Crippen molar-refractivity contribution >= 4 is 34.4 Å². The van der Waals surface area contributed by atoms with Crippen molar-refractivity contribution in [2.75, 3.05) is 42.9 Å². The van der Waals surface area contributed by atoms with Crippen LogP contribution in [-0.4, -0.2) is 57.8 Å². The van der Waals surface area contributed by atoms with Crippen LogP contribution < -0.4 is 10.6 Å². The second kappa shape index (κ2) is 8.58. The van der Waals surface area contributed by atoms with Gasteiger partial charge in [-0.3, -0.25) is 4.57 Å². The van der Waals surface area contributed by atoms with E-state index in [1.807, 2.05) is 35.3 Å². The summed E-state index contributed by atoms with van der Waals surface area (Å²) in [4.78, 5) is 15.8. The van der Waals surface area contributed by atoms with Crippen molar-refractivity contribution in [2.24, 2.45) is 0 Å². The van der Waals surface area contributed by atoms with Gasteiger partial charge in [-0.05, 0) is 44.1 Å². The van der Waals surface area contributed by atoms with Gasteiger partial charge in [0, 0.05) is 12.6 Å². The van der Waals surface area contributed by atoms with E-state index in [0.29, 0.717) is 25.0 Å². The predicted molar refractivity (Wildman–Crippen MR) is 113 cm³/mol. The maximum atomic E-state index is 6.05. The zero-order valence-corrected chi connectivity index (χ0v) is 17.0. The SMILES string of the molecule is CSC.Cc1ccc2ncn(-c3nc(N)cc(N4CCOCC4C)n3)c2c1. The molecule has 1 unspecified atom stereocenters. The Morgan fingerprint density at radius 2 is 2.00 bits per heavy atom. The maximum absolute atomic E-state index is 6.05. The van der Waals surface area contributed by atoms with Gasteiger partial charge in [0.15, 0.2) is 0 Å². The highest BCUT2D eigenvalue weighted by Gasteiger charge is 2.21. The molecule has 0 amide bonds. The zero-order chi connectivity index (χ0) is 19.4. The third-order valence-corrected chi connectivity index (χ3v) is 4.30. The Kier molecular flexibility index (Phi) is 6.18. The summed E-state index contributed by atoms with van der Waals surface area (Å²) in [6.07, 6.45) is 5.82. The van der Waals surface area contributed by atoms with Crippen molar-refractivity contribution in [1.29, 1.82) is 0 Å². The molecule has 2 aromatic heterocycles. The summed E-state index contributed by atoms with van der Waals surface area (Å²) in [5.41, 5.74) is 9.09. The molecule has 2 N–H and O–H groups in total. The molecule has 144 valence electrons. The number of hydrogen-bond acceptors (Lipinski definition) is 7. The summed E-state index contributed by atoms with van der Waals surface area (Å²) in [6.45, 7) is 6.34. The molecule has 1 fully saturated rings. The number of benzene rings is 1. The Morgan fingerprint density at radius 3 is 2.74 bits per heavy atom. The molecule has 1 saturated heterocycles. The van der Waals surface area contributed by atoms with Crippen LogP contribution >= 0.6 is 11.8 Å². The van der Waals surface area contributed by atoms with Crippen LogP contribution in [0.25, 0.3) is 17.0 Å². The van der Waals surface area contributed by atoms with Gasteiger partial charge < -0.3 is 15.4 Å². The summed E-state index contributed by atoms with van der Waals surface area (Å²) in [7, 11) is 0. The Hall–Kier alpha value is -2.32. The normalized spacial score (nSPS) is 16.9. The van der Waals surface area contributed by atoms with Crippen LogP contribution in [-0.2, 0) is 4.74 Å². The van der Waals surface area contributed by atoms with E-state index in [1.165, 1.54) is 0 Å². The van der Waals surface area contributed by atoms with Crippen LogP contribution in [0.1, 0.15) is 12.5 Å². The van der Waals surface area contributed by atoms with Gasteiger partial charge >= 0.3 is 0 Å². The van der Waals surface area contributed by atoms with E-state index in [1.54, 1.807) is 18.1 Å². The highest BCUT2D eigenvalue weighted by Crippen LogP contribution is 2.23. The molecule has 0 bridgehead atoms. The van der Waals surface area contributed by atoms with E-state index in [0.717, 1.165) is 29.0 Å². The summed E-state index contributed by atoms with van der Waals surface area (Å²) < 4.78 is 7.39. The topological polar surface area (TPSA) is 82.1 Å². The number of nitrogens with two attached hydrogens (primary N) is 1. The first-order valence-electron chi connectivity index (χ1n) is 8.86. The van der Waals surface area contributed by atoms with E-state index in [9.17, 15) is 0 Å². The number of imidazole rings is 1. The lowest BCUT2D eigenvalue weighted by molar-refractivity contribution is 0.0985. The van der Waals surface area contributed by atoms with Crippen LogP contribution in [0.4, 0.5) is 11.6 Å². The van der Waals surface area contributed by atoms with Gasteiger partial charge in [0.2, 0.25) is 5.95 Å². The molecule has 1 aliphatic heterocycles. The number of nitrogens with zero attached hydrogens (tertiary/aromatic N) is 5. The van der Waals surface area contributed by atoms with Crippen LogP contribution in [0.15, 0.2) is 30.6 Å². The standard InChI is InChI=1S/C17H20N6O.C2H6S/c1-11-3-4-13-14(7-11)23(10-19-13)17-20-15(18)8-16(21-17)22-5-6-24-9-12(22)2;1-3-2/h3-4,7-8,10,12H,5-6,9H2,1-2H3,(H2,18,20,21);1-2H3. The lowest BCUT2D eigenvalue weighted by Crippen LogP contribution is -2.44. The van der Waals surface area contributed by atoms with Gasteiger partial charge in [0.25, 0.3) is 0 Å². The number of hydrogen-bond donors (Lipinski definition) is 1. The van der Waals surface area contributed by atoms with E-state index in [2.05, 4.69) is 34.8 Å². The first-order valence-corrected chi connectivity index (χ1v) is 10.5. The molecule has 0 spiro atoms. The fourth-order valence-corrected chi connectivity index (χ4v) is 3.04. The minimum atomic E-state index is 0.252. The Labute approximate surface area is 164 Å². The molecule has 3 heterocycles. The van der Waals surface area contributed by atoms with Crippen LogP contribution in [0.5, 0.6) is 0 Å². The molecule has 0 radical (unpaired) electrons. The minimum Gasteiger partial charge on any atom is -0.383 e. The average molecular weight is 387 g/mol. The summed E-state index contributed by atoms with van der Waals surface area (Å²) in [5.74, 6) is 1.81. The van der Waals surface area contributed by atoms with E-state index in [-0.39, 0.29) is 6.04 Å². The molecule has 3 aromatic rings. The molecular weight excluding hydrogens is 360 g/mol. The second-order valence-corrected chi connectivity index (χ2v) is 7.40. The van der Waals surface area contributed by atoms with Crippen LogP contribution in [0.2, 0.25) is 0 Å². The molecule has 8 heteroatoms. The van der Waals surface area contributed by atoms with Crippen molar-refractivity contribution < 1.29 is 4.74 Å². The Balaban J connectivity index is 0.000000659. The Bertz CT molecular complexity index is 912. The minimum absolute atomic E-state index is 0.252. The number of nitrogen functional groups attached to an aromatic ring is 1. The zero-order valence-electron chi connectivity index (χ0n) is 16.2. The monoisotopic (exact) mass is 386 g/mol. The summed E-state index contributed by atoms with van der Waals surface area (Å²) in [5, 5.41) is 0. The van der Waals surface area contributed by atoms with Crippen LogP contribution in [0.3, 0.4) is 0 Å². The summed E-state index contributed by atoms with van der Waals surface area (Å²) in [6, 6.07) is 8.18. The lowest BCUT2D eigenvalue weighted by Gasteiger charge is -2.34. The number of thioether (sulfide) groups is 1. The van der Waals surface area contributed by atoms with Crippen molar-refractivity contribution in [3.05, 3.63) is 36.2 Å². The number of aryl methyl sites for hydroxylation is 1. The average Bonchev–Trinajstić information content (AvgIpc) is 3.05. The summed E-state index contributed by atoms with van der Waals surface area (Å²) >= 11 is 1.75. The fraction of sp³-hybridized carbons (Fsp3) is 0.421. The van der Waals surface area contributed by atoms with Gasteiger partial charge in [-0.2, -0.15) is 21.7 Å². The highest BCUT2D eigenvalue weighted by atomic mass is 32.2. The number of aromatic nitrogens is 4. The number of anilines is 2. The molecule has 1 aliphatic rings. The van der Waals surface area contributed by atoms with Crippen molar-refractivity contribution in [1.82, 2.24) is 19.5 Å². The third-order valence-electron chi connectivity index (χ3n) is 4.30. The van der Waals surface area contributed by atoms with Crippen molar-refractivity contribution in [2.45, 2.75) is 19.9 Å². The predicted octanol–water partition coefficient (Wildman–Crippen LogP) is 2.91. The molecule has 27 heavy (non-hydrogen) atoms. The van der Waals surface area contributed by atoms with E-state index >= 15 is 0 Å². The maximum Gasteiger partial charge on any atom is 0.239 e. The van der Waals surface area contributed by atoms with Gasteiger partial charge in [-0.25, -0.2) is 4.98 Å². The van der Waals surface area contributed by atoms with Crippen LogP contribution in [0, 0.1) is 6.92 Å². The second-order valence-electron chi connectivity index (χ2n) is 6.58. The lowest BCUT2D eigenvalue weighted by atomic mass is 10.2. The quantitative estimate of drug-likeness (QED) is 0.725. The molecule has 4 rings (SSSR count). The largest absolute Gasteiger partial charge is 0.383 e. The van der Waals surface area contributed by atoms with Crippen molar-refractivity contribution in [3.63, 3.8) is 0 Å². The van der Waals surface area contributed by atoms with E-state index in [4.69, 9.17) is 15.5 Å². The fourth-order valence-electron chi connectivity index (χ4n) is 3.04. The number of ether oxygens (including phenoxy) is 1. The first kappa shape index (κ1) is 19.4. The van der Waals surface area contributed by atoms with Gasteiger partial charge in [0.05, 0.1) is 30.3 Å². The molecule has 0 saturated carbocycles. The Morgan fingerprint density at radius 1 is 1.22 bits per heavy atom. The van der Waals surface area contributed by atoms with E-state index < -0.39 is 0 Å². The van der Waals surface area contributed by atoms with Crippen molar-refractivity contribution in [3.8, 4) is 5.95 Å². The van der Waals surface area contributed by atoms with Gasteiger partial charge in [-0.15, -0.1) is 0 Å². The molecule has 1 atom stereocenters. The molecule has 0 aliphatic carbocycles. The molecule has 1 aromatic carbocycles. The number of rotatable bonds is 2. The molecular formula is C19H26N6OS. The van der Waals surface area contributed by atoms with Gasteiger partial charge in [-0.1, -0.05) is 6.07 Å². The first-order chi connectivity index (χ1) is 13.0. The third kappa shape index (κ3) is 4.33. The molecule has 7 nitrogen and oxygen atoms in total. The number of fused-ring (bicyclic) bond motifs is 1.